The van der Waals surface area contributed by atoms with Crippen LogP contribution in [-0.2, 0) is 14.8 Å². The van der Waals surface area contributed by atoms with Crippen LogP contribution in [0.25, 0.3) is 10.9 Å². The Morgan fingerprint density at radius 2 is 1.61 bits per heavy atom. The summed E-state index contributed by atoms with van der Waals surface area (Å²) in [5, 5.41) is 3.58. The lowest BCUT2D eigenvalue weighted by Crippen LogP contribution is -2.38. The summed E-state index contributed by atoms with van der Waals surface area (Å²) in [6.45, 7) is -0.494. The standard InChI is InChI=1S/C23H18FN3O3S/c24-18-11-13-19(14-12-18)27(31(29,30)20-8-2-1-3-9-20)16-22(28)26-21-10-4-6-17-7-5-15-25-23(17)21/h1-15H,16H2,(H,26,28). The Hall–Kier alpha value is -3.78. The molecule has 1 aromatic heterocycles. The number of pyridine rings is 1. The normalized spacial score (nSPS) is 11.3. The van der Waals surface area contributed by atoms with Gasteiger partial charge in [0.25, 0.3) is 10.0 Å². The maximum absolute atomic E-state index is 13.4. The van der Waals surface area contributed by atoms with Gasteiger partial charge in [-0.1, -0.05) is 36.4 Å². The Bertz CT molecular complexity index is 1320. The molecule has 0 aliphatic heterocycles. The average Bonchev–Trinajstić information content (AvgIpc) is 2.79. The van der Waals surface area contributed by atoms with Gasteiger partial charge in [0.2, 0.25) is 5.91 Å². The van der Waals surface area contributed by atoms with E-state index in [-0.39, 0.29) is 10.6 Å². The molecule has 0 aliphatic rings. The monoisotopic (exact) mass is 435 g/mol. The van der Waals surface area contributed by atoms with E-state index >= 15 is 0 Å². The van der Waals surface area contributed by atoms with Crippen molar-refractivity contribution in [1.29, 1.82) is 0 Å². The van der Waals surface area contributed by atoms with Crippen LogP contribution in [0.1, 0.15) is 0 Å². The molecule has 1 amide bonds. The van der Waals surface area contributed by atoms with Gasteiger partial charge in [0.15, 0.2) is 0 Å². The maximum atomic E-state index is 13.4. The Kier molecular flexibility index (Phi) is 5.64. The molecule has 0 aliphatic carbocycles. The first-order chi connectivity index (χ1) is 14.9. The van der Waals surface area contributed by atoms with E-state index in [9.17, 15) is 17.6 Å². The molecular formula is C23H18FN3O3S. The van der Waals surface area contributed by atoms with Gasteiger partial charge >= 0.3 is 0 Å². The second-order valence-electron chi connectivity index (χ2n) is 6.73. The molecule has 3 aromatic carbocycles. The van der Waals surface area contributed by atoms with Crippen molar-refractivity contribution in [2.24, 2.45) is 0 Å². The smallest absolute Gasteiger partial charge is 0.264 e. The molecule has 1 N–H and O–H groups in total. The first-order valence-corrected chi connectivity index (χ1v) is 10.9. The van der Waals surface area contributed by atoms with E-state index < -0.39 is 28.3 Å². The number of aromatic nitrogens is 1. The number of hydrogen-bond donors (Lipinski definition) is 1. The number of fused-ring (bicyclic) bond motifs is 1. The van der Waals surface area contributed by atoms with E-state index in [1.165, 1.54) is 24.3 Å². The molecule has 0 unspecified atom stereocenters. The highest BCUT2D eigenvalue weighted by atomic mass is 32.2. The molecule has 0 fully saturated rings. The van der Waals surface area contributed by atoms with Gasteiger partial charge in [0, 0.05) is 11.6 Å². The minimum atomic E-state index is -4.06. The number of carbonyl (C=O) groups is 1. The molecule has 1 heterocycles. The van der Waals surface area contributed by atoms with Crippen molar-refractivity contribution in [3.05, 3.63) is 96.9 Å². The second kappa shape index (κ2) is 8.53. The number of nitrogens with zero attached hydrogens (tertiary/aromatic N) is 2. The largest absolute Gasteiger partial charge is 0.323 e. The number of rotatable bonds is 6. The van der Waals surface area contributed by atoms with Crippen LogP contribution in [0.3, 0.4) is 0 Å². The number of anilines is 2. The summed E-state index contributed by atoms with van der Waals surface area (Å²) in [7, 11) is -4.06. The van der Waals surface area contributed by atoms with Crippen LogP contribution in [-0.4, -0.2) is 25.9 Å². The van der Waals surface area contributed by atoms with E-state index in [0.717, 1.165) is 21.8 Å². The van der Waals surface area contributed by atoms with Gasteiger partial charge in [-0.15, -0.1) is 0 Å². The van der Waals surface area contributed by atoms with Crippen molar-refractivity contribution in [2.45, 2.75) is 4.90 Å². The van der Waals surface area contributed by atoms with Gasteiger partial charge in [-0.25, -0.2) is 12.8 Å². The van der Waals surface area contributed by atoms with E-state index in [1.807, 2.05) is 12.1 Å². The lowest BCUT2D eigenvalue weighted by atomic mass is 10.2. The van der Waals surface area contributed by atoms with Gasteiger partial charge in [0.05, 0.1) is 21.8 Å². The molecule has 6 nitrogen and oxygen atoms in total. The van der Waals surface area contributed by atoms with Crippen LogP contribution >= 0.6 is 0 Å². The molecule has 156 valence electrons. The summed E-state index contributed by atoms with van der Waals surface area (Å²) in [4.78, 5) is 17.2. The van der Waals surface area contributed by atoms with Crippen molar-refractivity contribution >= 4 is 38.2 Å². The molecule has 0 radical (unpaired) electrons. The summed E-state index contributed by atoms with van der Waals surface area (Å²) in [6.07, 6.45) is 1.61. The van der Waals surface area contributed by atoms with Crippen LogP contribution in [0.2, 0.25) is 0 Å². The van der Waals surface area contributed by atoms with E-state index in [1.54, 1.807) is 42.6 Å². The number of sulfonamides is 1. The van der Waals surface area contributed by atoms with E-state index in [0.29, 0.717) is 11.2 Å². The Labute approximate surface area is 179 Å². The second-order valence-corrected chi connectivity index (χ2v) is 8.59. The van der Waals surface area contributed by atoms with Gasteiger partial charge in [-0.3, -0.25) is 14.1 Å². The summed E-state index contributed by atoms with van der Waals surface area (Å²) < 4.78 is 40.9. The molecule has 0 bridgehead atoms. The predicted molar refractivity (Wildman–Crippen MR) is 118 cm³/mol. The molecule has 0 saturated carbocycles. The molecule has 4 rings (SSSR count). The number of para-hydroxylation sites is 1. The molecule has 0 spiro atoms. The quantitative estimate of drug-likeness (QED) is 0.492. The zero-order valence-electron chi connectivity index (χ0n) is 16.3. The van der Waals surface area contributed by atoms with Gasteiger partial charge < -0.3 is 5.32 Å². The Morgan fingerprint density at radius 1 is 0.903 bits per heavy atom. The third kappa shape index (κ3) is 4.39. The number of nitrogens with one attached hydrogen (secondary N) is 1. The number of hydrogen-bond acceptors (Lipinski definition) is 4. The van der Waals surface area contributed by atoms with Crippen LogP contribution in [0.15, 0.2) is 96.0 Å². The summed E-state index contributed by atoms with van der Waals surface area (Å²) in [6, 6.07) is 21.7. The van der Waals surface area contributed by atoms with E-state index in [2.05, 4.69) is 10.3 Å². The molecular weight excluding hydrogens is 417 g/mol. The van der Waals surface area contributed by atoms with Gasteiger partial charge in [-0.05, 0) is 48.5 Å². The topological polar surface area (TPSA) is 79.4 Å². The number of carbonyl (C=O) groups excluding carboxylic acids is 1. The maximum Gasteiger partial charge on any atom is 0.264 e. The number of benzene rings is 3. The van der Waals surface area contributed by atoms with Gasteiger partial charge in [0.1, 0.15) is 12.4 Å². The van der Waals surface area contributed by atoms with Crippen LogP contribution < -0.4 is 9.62 Å². The van der Waals surface area contributed by atoms with Crippen LogP contribution in [0.4, 0.5) is 15.8 Å². The fraction of sp³-hybridized carbons (Fsp3) is 0.0435. The van der Waals surface area contributed by atoms with Crippen molar-refractivity contribution < 1.29 is 17.6 Å². The Balaban J connectivity index is 1.67. The van der Waals surface area contributed by atoms with Crippen molar-refractivity contribution in [1.82, 2.24) is 4.98 Å². The fourth-order valence-corrected chi connectivity index (χ4v) is 4.61. The third-order valence-corrected chi connectivity index (χ3v) is 6.43. The molecule has 0 saturated heterocycles. The molecule has 8 heteroatoms. The minimum absolute atomic E-state index is 0.0268. The highest BCUT2D eigenvalue weighted by molar-refractivity contribution is 7.92. The summed E-state index contributed by atoms with van der Waals surface area (Å²) in [5.74, 6) is -1.06. The van der Waals surface area contributed by atoms with E-state index in [4.69, 9.17) is 0 Å². The lowest BCUT2D eigenvalue weighted by Gasteiger charge is -2.24. The zero-order chi connectivity index (χ0) is 21.8. The van der Waals surface area contributed by atoms with Crippen LogP contribution in [0.5, 0.6) is 0 Å². The minimum Gasteiger partial charge on any atom is -0.323 e. The SMILES string of the molecule is O=C(CN(c1ccc(F)cc1)S(=O)(=O)c1ccccc1)Nc1cccc2cccnc12. The average molecular weight is 435 g/mol. The lowest BCUT2D eigenvalue weighted by molar-refractivity contribution is -0.114. The highest BCUT2D eigenvalue weighted by Crippen LogP contribution is 2.25. The third-order valence-electron chi connectivity index (χ3n) is 4.64. The molecule has 4 aromatic rings. The predicted octanol–water partition coefficient (Wildman–Crippen LogP) is 4.21. The molecule has 0 atom stereocenters. The van der Waals surface area contributed by atoms with Crippen molar-refractivity contribution in [3.8, 4) is 0 Å². The zero-order valence-corrected chi connectivity index (χ0v) is 17.1. The van der Waals surface area contributed by atoms with Crippen molar-refractivity contribution in [2.75, 3.05) is 16.2 Å². The molecule has 31 heavy (non-hydrogen) atoms. The van der Waals surface area contributed by atoms with Crippen LogP contribution in [0, 0.1) is 5.82 Å². The number of amides is 1. The summed E-state index contributed by atoms with van der Waals surface area (Å²) >= 11 is 0. The number of halogens is 1. The van der Waals surface area contributed by atoms with Gasteiger partial charge in [-0.2, -0.15) is 0 Å². The highest BCUT2D eigenvalue weighted by Gasteiger charge is 2.27. The first-order valence-electron chi connectivity index (χ1n) is 9.42. The van der Waals surface area contributed by atoms with Crippen molar-refractivity contribution in [3.63, 3.8) is 0 Å². The summed E-state index contributed by atoms with van der Waals surface area (Å²) in [5.41, 5.74) is 1.24. The first kappa shape index (κ1) is 20.5. The fourth-order valence-electron chi connectivity index (χ4n) is 3.17. The Morgan fingerprint density at radius 3 is 2.35 bits per heavy atom.